The summed E-state index contributed by atoms with van der Waals surface area (Å²) in [7, 11) is -3.62. The highest BCUT2D eigenvalue weighted by Crippen LogP contribution is 2.27. The van der Waals surface area contributed by atoms with E-state index >= 15 is 0 Å². The second-order valence-corrected chi connectivity index (χ2v) is 7.59. The quantitative estimate of drug-likeness (QED) is 0.811. The molecule has 0 bridgehead atoms. The van der Waals surface area contributed by atoms with Gasteiger partial charge in [0.25, 0.3) is 10.0 Å². The molecule has 116 valence electrons. The molecule has 0 amide bonds. The van der Waals surface area contributed by atoms with Crippen molar-refractivity contribution in [1.82, 2.24) is 3.97 Å². The number of ketones is 1. The van der Waals surface area contributed by atoms with Crippen LogP contribution in [0.15, 0.2) is 53.7 Å². The maximum atomic E-state index is 12.5. The Hall–Kier alpha value is -1.88. The number of carbonyl (C=O) groups excluding carboxylic acids is 1. The summed E-state index contributed by atoms with van der Waals surface area (Å²) in [6, 6.07) is 9.86. The maximum Gasteiger partial charge on any atom is 0.267 e. The van der Waals surface area contributed by atoms with Crippen LogP contribution in [-0.4, -0.2) is 18.2 Å². The lowest BCUT2D eigenvalue weighted by Gasteiger charge is -2.19. The highest BCUT2D eigenvalue weighted by molar-refractivity contribution is 7.90. The first kappa shape index (κ1) is 15.0. The Balaban J connectivity index is 1.86. The summed E-state index contributed by atoms with van der Waals surface area (Å²) in [6.45, 7) is 0. The molecule has 0 spiro atoms. The van der Waals surface area contributed by atoms with E-state index < -0.39 is 10.0 Å². The number of rotatable bonds is 4. The van der Waals surface area contributed by atoms with E-state index in [0.29, 0.717) is 5.56 Å². The Morgan fingerprint density at radius 2 is 1.68 bits per heavy atom. The van der Waals surface area contributed by atoms with Gasteiger partial charge in [-0.1, -0.05) is 37.5 Å². The van der Waals surface area contributed by atoms with Gasteiger partial charge in [0.2, 0.25) is 0 Å². The van der Waals surface area contributed by atoms with Crippen molar-refractivity contribution in [1.29, 1.82) is 0 Å². The van der Waals surface area contributed by atoms with Crippen LogP contribution in [0.2, 0.25) is 0 Å². The molecule has 0 radical (unpaired) electrons. The highest BCUT2D eigenvalue weighted by atomic mass is 32.2. The summed E-state index contributed by atoms with van der Waals surface area (Å²) in [6.07, 6.45) is 8.08. The van der Waals surface area contributed by atoms with Crippen LogP contribution in [0.3, 0.4) is 0 Å². The molecule has 22 heavy (non-hydrogen) atoms. The van der Waals surface area contributed by atoms with Gasteiger partial charge in [-0.05, 0) is 31.0 Å². The predicted molar refractivity (Wildman–Crippen MR) is 84.4 cm³/mol. The molecule has 5 heteroatoms. The van der Waals surface area contributed by atoms with Gasteiger partial charge in [-0.3, -0.25) is 4.79 Å². The Morgan fingerprint density at radius 1 is 1.00 bits per heavy atom. The summed E-state index contributed by atoms with van der Waals surface area (Å²) >= 11 is 0. The molecule has 3 rings (SSSR count). The number of carbonyl (C=O) groups is 1. The molecule has 2 aromatic rings. The summed E-state index contributed by atoms with van der Waals surface area (Å²) in [5, 5.41) is 0. The number of nitrogens with zero attached hydrogens (tertiary/aromatic N) is 1. The lowest BCUT2D eigenvalue weighted by Crippen LogP contribution is -2.17. The molecule has 0 unspecified atom stereocenters. The van der Waals surface area contributed by atoms with E-state index in [2.05, 4.69) is 0 Å². The number of hydrogen-bond donors (Lipinski definition) is 0. The number of hydrogen-bond acceptors (Lipinski definition) is 3. The molecule has 0 saturated heterocycles. The minimum absolute atomic E-state index is 0.0454. The van der Waals surface area contributed by atoms with E-state index in [-0.39, 0.29) is 16.6 Å². The van der Waals surface area contributed by atoms with Crippen LogP contribution in [-0.2, 0) is 10.0 Å². The first-order chi connectivity index (χ1) is 10.6. The molecule has 0 N–H and O–H groups in total. The van der Waals surface area contributed by atoms with Crippen molar-refractivity contribution < 1.29 is 13.2 Å². The van der Waals surface area contributed by atoms with Crippen molar-refractivity contribution in [2.24, 2.45) is 5.92 Å². The average Bonchev–Trinajstić information content (AvgIpc) is 3.06. The molecule has 1 aromatic heterocycles. The molecule has 0 atom stereocenters. The first-order valence-electron chi connectivity index (χ1n) is 7.62. The van der Waals surface area contributed by atoms with Gasteiger partial charge in [0, 0.05) is 23.9 Å². The van der Waals surface area contributed by atoms with Crippen molar-refractivity contribution in [2.75, 3.05) is 0 Å². The third-order valence-corrected chi connectivity index (χ3v) is 5.90. The lowest BCUT2D eigenvalue weighted by molar-refractivity contribution is 0.0889. The van der Waals surface area contributed by atoms with Crippen molar-refractivity contribution in [3.05, 3.63) is 54.4 Å². The zero-order chi connectivity index (χ0) is 15.6. The average molecular weight is 317 g/mol. The van der Waals surface area contributed by atoms with E-state index in [0.717, 1.165) is 29.7 Å². The summed E-state index contributed by atoms with van der Waals surface area (Å²) in [4.78, 5) is 12.7. The molecule has 1 fully saturated rings. The van der Waals surface area contributed by atoms with Crippen LogP contribution >= 0.6 is 0 Å². The molecular formula is C17H19NO3S. The van der Waals surface area contributed by atoms with Crippen LogP contribution in [0.5, 0.6) is 0 Å². The molecule has 1 aliphatic rings. The zero-order valence-electron chi connectivity index (χ0n) is 12.3. The molecule has 1 heterocycles. The standard InChI is InChI=1S/C17H19NO3S/c19-17(14-7-3-1-4-8-14)15-11-12-18(13-15)22(20,21)16-9-5-2-6-10-16/h2,5-6,9-14H,1,3-4,7-8H2. The third kappa shape index (κ3) is 2.86. The van der Waals surface area contributed by atoms with Crippen LogP contribution in [0.25, 0.3) is 0 Å². The van der Waals surface area contributed by atoms with E-state index in [9.17, 15) is 13.2 Å². The molecule has 1 aromatic carbocycles. The normalized spacial score (nSPS) is 16.5. The third-order valence-electron chi connectivity index (χ3n) is 4.25. The van der Waals surface area contributed by atoms with Gasteiger partial charge in [0.15, 0.2) is 5.78 Å². The second kappa shape index (κ2) is 6.08. The minimum Gasteiger partial charge on any atom is -0.294 e. The zero-order valence-corrected chi connectivity index (χ0v) is 13.1. The van der Waals surface area contributed by atoms with Gasteiger partial charge < -0.3 is 0 Å². The summed E-state index contributed by atoms with van der Waals surface area (Å²) in [5.41, 5.74) is 0.492. The Kier molecular flexibility index (Phi) is 4.16. The predicted octanol–water partition coefficient (Wildman–Crippen LogP) is 3.49. The molecule has 0 aliphatic heterocycles. The Bertz CT molecular complexity index is 756. The van der Waals surface area contributed by atoms with E-state index in [1.165, 1.54) is 18.8 Å². The van der Waals surface area contributed by atoms with E-state index in [4.69, 9.17) is 0 Å². The van der Waals surface area contributed by atoms with Gasteiger partial charge >= 0.3 is 0 Å². The smallest absolute Gasteiger partial charge is 0.267 e. The topological polar surface area (TPSA) is 56.1 Å². The lowest BCUT2D eigenvalue weighted by atomic mass is 9.84. The van der Waals surface area contributed by atoms with Crippen LogP contribution in [0.1, 0.15) is 42.5 Å². The molecule has 4 nitrogen and oxygen atoms in total. The largest absolute Gasteiger partial charge is 0.294 e. The summed E-state index contributed by atoms with van der Waals surface area (Å²) < 4.78 is 26.1. The monoisotopic (exact) mass is 317 g/mol. The van der Waals surface area contributed by atoms with Gasteiger partial charge in [-0.2, -0.15) is 0 Å². The van der Waals surface area contributed by atoms with Crippen LogP contribution in [0.4, 0.5) is 0 Å². The summed E-state index contributed by atoms with van der Waals surface area (Å²) in [5.74, 6) is 0.116. The fourth-order valence-corrected chi connectivity index (χ4v) is 4.20. The van der Waals surface area contributed by atoms with Gasteiger partial charge in [-0.25, -0.2) is 12.4 Å². The van der Waals surface area contributed by atoms with Crippen molar-refractivity contribution in [2.45, 2.75) is 37.0 Å². The first-order valence-corrected chi connectivity index (χ1v) is 9.06. The van der Waals surface area contributed by atoms with Crippen molar-refractivity contribution in [3.8, 4) is 0 Å². The number of aromatic nitrogens is 1. The second-order valence-electron chi connectivity index (χ2n) is 5.75. The maximum absolute atomic E-state index is 12.5. The highest BCUT2D eigenvalue weighted by Gasteiger charge is 2.24. The molecule has 1 saturated carbocycles. The molecular weight excluding hydrogens is 298 g/mol. The van der Waals surface area contributed by atoms with Crippen molar-refractivity contribution in [3.63, 3.8) is 0 Å². The van der Waals surface area contributed by atoms with Crippen molar-refractivity contribution >= 4 is 15.8 Å². The Labute approximate surface area is 130 Å². The van der Waals surface area contributed by atoms with Gasteiger partial charge in [0.1, 0.15) is 0 Å². The van der Waals surface area contributed by atoms with Gasteiger partial charge in [0.05, 0.1) is 4.90 Å². The number of benzene rings is 1. The van der Waals surface area contributed by atoms with E-state index in [1.807, 2.05) is 0 Å². The van der Waals surface area contributed by atoms with Gasteiger partial charge in [-0.15, -0.1) is 0 Å². The SMILES string of the molecule is O=C(c1ccn(S(=O)(=O)c2ccccc2)c1)C1CCCCC1. The van der Waals surface area contributed by atoms with Crippen LogP contribution < -0.4 is 0 Å². The fourth-order valence-electron chi connectivity index (χ4n) is 2.99. The fraction of sp³-hybridized carbons (Fsp3) is 0.353. The van der Waals surface area contributed by atoms with Crippen LogP contribution in [0, 0.1) is 5.92 Å². The minimum atomic E-state index is -3.62. The Morgan fingerprint density at radius 3 is 2.36 bits per heavy atom. The van der Waals surface area contributed by atoms with E-state index in [1.54, 1.807) is 36.4 Å². The molecule has 1 aliphatic carbocycles. The number of Topliss-reactive ketones (excluding diaryl/α,β-unsaturated/α-hetero) is 1.